The van der Waals surface area contributed by atoms with Crippen molar-refractivity contribution in [3.63, 3.8) is 0 Å². The SMILES string of the molecule is CCc1ccc(C2CCCN(C(=O)c3coc(S(=O)(=O)N(C)C)c3)C2)cc1. The second-order valence-electron chi connectivity index (χ2n) is 7.13. The molecule has 3 rings (SSSR count). The summed E-state index contributed by atoms with van der Waals surface area (Å²) in [5.74, 6) is 0.110. The normalized spacial score (nSPS) is 18.1. The van der Waals surface area contributed by atoms with Crippen molar-refractivity contribution in [2.75, 3.05) is 27.2 Å². The molecule has 1 atom stereocenters. The number of amides is 1. The number of sulfonamides is 1. The van der Waals surface area contributed by atoms with Gasteiger partial charge >= 0.3 is 0 Å². The zero-order chi connectivity index (χ0) is 19.6. The number of rotatable bonds is 5. The van der Waals surface area contributed by atoms with E-state index < -0.39 is 10.0 Å². The molecule has 6 nitrogen and oxygen atoms in total. The molecule has 1 fully saturated rings. The fourth-order valence-electron chi connectivity index (χ4n) is 3.39. The van der Waals surface area contributed by atoms with E-state index in [9.17, 15) is 13.2 Å². The average Bonchev–Trinajstić information content (AvgIpc) is 3.18. The van der Waals surface area contributed by atoms with Crippen molar-refractivity contribution in [2.24, 2.45) is 0 Å². The van der Waals surface area contributed by atoms with E-state index in [-0.39, 0.29) is 16.6 Å². The summed E-state index contributed by atoms with van der Waals surface area (Å²) in [6.45, 7) is 3.43. The molecule has 0 radical (unpaired) electrons. The van der Waals surface area contributed by atoms with Crippen LogP contribution in [0, 0.1) is 0 Å². The van der Waals surface area contributed by atoms with Crippen LogP contribution in [0.25, 0.3) is 0 Å². The minimum absolute atomic E-state index is 0.186. The minimum Gasteiger partial charge on any atom is -0.451 e. The molecule has 7 heteroatoms. The quantitative estimate of drug-likeness (QED) is 0.786. The lowest BCUT2D eigenvalue weighted by Crippen LogP contribution is -2.39. The number of aryl methyl sites for hydroxylation is 1. The molecule has 146 valence electrons. The molecule has 2 heterocycles. The zero-order valence-corrected chi connectivity index (χ0v) is 16.8. The van der Waals surface area contributed by atoms with Gasteiger partial charge in [0.15, 0.2) is 0 Å². The molecule has 1 aromatic heterocycles. The van der Waals surface area contributed by atoms with E-state index in [1.165, 1.54) is 37.6 Å². The monoisotopic (exact) mass is 390 g/mol. The van der Waals surface area contributed by atoms with Crippen LogP contribution < -0.4 is 0 Å². The number of benzene rings is 1. The standard InChI is InChI=1S/C20H26N2O4S/c1-4-15-7-9-16(10-8-15)17-6-5-11-22(13-17)20(23)18-12-19(26-14-18)27(24,25)21(2)3/h7-10,12,14,17H,4-6,11,13H2,1-3H3. The Kier molecular flexibility index (Phi) is 5.72. The minimum atomic E-state index is -3.68. The number of furan rings is 1. The maximum absolute atomic E-state index is 12.8. The lowest BCUT2D eigenvalue weighted by atomic mass is 9.89. The topological polar surface area (TPSA) is 70.8 Å². The molecule has 0 spiro atoms. The van der Waals surface area contributed by atoms with E-state index in [2.05, 4.69) is 31.2 Å². The van der Waals surface area contributed by atoms with E-state index in [1.54, 1.807) is 4.90 Å². The Morgan fingerprint density at radius 1 is 1.26 bits per heavy atom. The smallest absolute Gasteiger partial charge is 0.275 e. The van der Waals surface area contributed by atoms with E-state index in [1.807, 2.05) is 0 Å². The second kappa shape index (κ2) is 7.86. The van der Waals surface area contributed by atoms with Crippen molar-refractivity contribution in [3.8, 4) is 0 Å². The third-order valence-electron chi connectivity index (χ3n) is 5.13. The largest absolute Gasteiger partial charge is 0.451 e. The summed E-state index contributed by atoms with van der Waals surface area (Å²) in [6.07, 6.45) is 4.21. The fraction of sp³-hybridized carbons (Fsp3) is 0.450. The molecule has 1 saturated heterocycles. The summed E-state index contributed by atoms with van der Waals surface area (Å²) in [5, 5.41) is -0.209. The Bertz CT molecular complexity index is 900. The Balaban J connectivity index is 1.74. The van der Waals surface area contributed by atoms with Gasteiger partial charge in [-0.05, 0) is 30.4 Å². The van der Waals surface area contributed by atoms with Crippen LogP contribution in [0.4, 0.5) is 0 Å². The van der Waals surface area contributed by atoms with Crippen molar-refractivity contribution in [3.05, 3.63) is 53.3 Å². The maximum atomic E-state index is 12.8. The van der Waals surface area contributed by atoms with Crippen LogP contribution in [0.15, 0.2) is 46.1 Å². The van der Waals surface area contributed by atoms with Crippen LogP contribution in [-0.2, 0) is 16.4 Å². The van der Waals surface area contributed by atoms with E-state index in [0.717, 1.165) is 23.6 Å². The number of hydrogen-bond donors (Lipinski definition) is 0. The van der Waals surface area contributed by atoms with Crippen molar-refractivity contribution in [1.82, 2.24) is 9.21 Å². The number of likely N-dealkylation sites (tertiary alicyclic amines) is 1. The van der Waals surface area contributed by atoms with Gasteiger partial charge in [0, 0.05) is 39.2 Å². The molecular formula is C20H26N2O4S. The van der Waals surface area contributed by atoms with Gasteiger partial charge in [-0.25, -0.2) is 12.7 Å². The van der Waals surface area contributed by atoms with Gasteiger partial charge in [-0.3, -0.25) is 4.79 Å². The Labute approximate surface area is 160 Å². The highest BCUT2D eigenvalue weighted by Crippen LogP contribution is 2.28. The number of hydrogen-bond acceptors (Lipinski definition) is 4. The summed E-state index contributed by atoms with van der Waals surface area (Å²) in [4.78, 5) is 14.6. The van der Waals surface area contributed by atoms with E-state index in [0.29, 0.717) is 19.0 Å². The summed E-state index contributed by atoms with van der Waals surface area (Å²) >= 11 is 0. The van der Waals surface area contributed by atoms with Crippen LogP contribution in [0.1, 0.15) is 47.2 Å². The first-order chi connectivity index (χ1) is 12.8. The summed E-state index contributed by atoms with van der Waals surface area (Å²) in [5.41, 5.74) is 2.82. The van der Waals surface area contributed by atoms with Crippen molar-refractivity contribution in [2.45, 2.75) is 37.2 Å². The maximum Gasteiger partial charge on any atom is 0.275 e. The highest BCUT2D eigenvalue weighted by atomic mass is 32.2. The molecule has 1 aliphatic rings. The molecule has 1 unspecified atom stereocenters. The van der Waals surface area contributed by atoms with Crippen LogP contribution in [0.2, 0.25) is 0 Å². The molecule has 0 saturated carbocycles. The summed E-state index contributed by atoms with van der Waals surface area (Å²) in [7, 11) is -0.827. The number of carbonyl (C=O) groups excluding carboxylic acids is 1. The predicted octanol–water partition coefficient (Wildman–Crippen LogP) is 3.11. The fourth-order valence-corrected chi connectivity index (χ4v) is 4.19. The lowest BCUT2D eigenvalue weighted by molar-refractivity contribution is 0.0706. The first-order valence-electron chi connectivity index (χ1n) is 9.22. The second-order valence-corrected chi connectivity index (χ2v) is 9.21. The molecule has 2 aromatic rings. The van der Waals surface area contributed by atoms with Crippen LogP contribution >= 0.6 is 0 Å². The molecule has 1 aromatic carbocycles. The van der Waals surface area contributed by atoms with Crippen molar-refractivity contribution < 1.29 is 17.6 Å². The molecule has 27 heavy (non-hydrogen) atoms. The van der Waals surface area contributed by atoms with Gasteiger partial charge in [0.2, 0.25) is 5.09 Å². The number of nitrogens with zero attached hydrogens (tertiary/aromatic N) is 2. The highest BCUT2D eigenvalue weighted by molar-refractivity contribution is 7.88. The molecule has 1 aliphatic heterocycles. The van der Waals surface area contributed by atoms with Gasteiger partial charge in [0.1, 0.15) is 6.26 Å². The lowest BCUT2D eigenvalue weighted by Gasteiger charge is -2.33. The first-order valence-corrected chi connectivity index (χ1v) is 10.7. The molecular weight excluding hydrogens is 364 g/mol. The molecule has 0 aliphatic carbocycles. The van der Waals surface area contributed by atoms with Gasteiger partial charge in [-0.2, -0.15) is 0 Å². The van der Waals surface area contributed by atoms with E-state index >= 15 is 0 Å². The van der Waals surface area contributed by atoms with Gasteiger partial charge in [0.05, 0.1) is 5.56 Å². The van der Waals surface area contributed by atoms with Crippen molar-refractivity contribution >= 4 is 15.9 Å². The third kappa shape index (κ3) is 4.09. The first kappa shape index (κ1) is 19.6. The Morgan fingerprint density at radius 2 is 1.96 bits per heavy atom. The van der Waals surface area contributed by atoms with E-state index in [4.69, 9.17) is 4.42 Å². The number of carbonyl (C=O) groups is 1. The Hall–Kier alpha value is -2.12. The van der Waals surface area contributed by atoms with Crippen molar-refractivity contribution in [1.29, 1.82) is 0 Å². The number of piperidine rings is 1. The van der Waals surface area contributed by atoms with Gasteiger partial charge in [-0.15, -0.1) is 0 Å². The Morgan fingerprint density at radius 3 is 2.59 bits per heavy atom. The van der Waals surface area contributed by atoms with Crippen LogP contribution in [0.5, 0.6) is 0 Å². The molecule has 1 amide bonds. The third-order valence-corrected chi connectivity index (χ3v) is 6.81. The summed E-state index contributed by atoms with van der Waals surface area (Å²) < 4.78 is 30.5. The van der Waals surface area contributed by atoms with Gasteiger partial charge in [-0.1, -0.05) is 31.2 Å². The average molecular weight is 391 g/mol. The zero-order valence-electron chi connectivity index (χ0n) is 16.0. The molecule has 0 N–H and O–H groups in total. The van der Waals surface area contributed by atoms with Gasteiger partial charge in [0.25, 0.3) is 15.9 Å². The molecule has 0 bridgehead atoms. The summed E-state index contributed by atoms with van der Waals surface area (Å²) in [6, 6.07) is 9.90. The predicted molar refractivity (Wildman–Crippen MR) is 103 cm³/mol. The highest BCUT2D eigenvalue weighted by Gasteiger charge is 2.28. The van der Waals surface area contributed by atoms with Crippen LogP contribution in [0.3, 0.4) is 0 Å². The van der Waals surface area contributed by atoms with Gasteiger partial charge < -0.3 is 9.32 Å². The van der Waals surface area contributed by atoms with Crippen LogP contribution in [-0.4, -0.2) is 50.7 Å².